The van der Waals surface area contributed by atoms with Gasteiger partial charge in [0, 0.05) is 0 Å². The van der Waals surface area contributed by atoms with Crippen LogP contribution in [0.2, 0.25) is 0 Å². The van der Waals surface area contributed by atoms with Crippen molar-refractivity contribution in [1.82, 2.24) is 10.6 Å². The Kier molecular flexibility index (Phi) is 5.40. The summed E-state index contributed by atoms with van der Waals surface area (Å²) in [4.78, 5) is 33.8. The molecular formula is C11H17ClN2O4. The highest BCUT2D eigenvalue weighted by Crippen LogP contribution is 2.28. The molecule has 6 nitrogen and oxygen atoms in total. The lowest BCUT2D eigenvalue weighted by Gasteiger charge is -2.33. The van der Waals surface area contributed by atoms with Crippen LogP contribution >= 0.6 is 11.6 Å². The fourth-order valence-corrected chi connectivity index (χ4v) is 2.18. The Morgan fingerprint density at radius 3 is 2.22 bits per heavy atom. The zero-order valence-electron chi connectivity index (χ0n) is 10.00. The Labute approximate surface area is 110 Å². The topological polar surface area (TPSA) is 95.5 Å². The molecule has 0 aromatic heterocycles. The first-order chi connectivity index (χ1) is 8.50. The van der Waals surface area contributed by atoms with E-state index in [-0.39, 0.29) is 12.4 Å². The monoisotopic (exact) mass is 276 g/mol. The second-order valence-corrected chi connectivity index (χ2v) is 4.67. The number of carbonyl (C=O) groups excluding carboxylic acids is 2. The molecule has 1 aliphatic rings. The third kappa shape index (κ3) is 3.87. The summed E-state index contributed by atoms with van der Waals surface area (Å²) in [6.07, 6.45) is 3.39. The van der Waals surface area contributed by atoms with Crippen molar-refractivity contribution in [3.05, 3.63) is 0 Å². The van der Waals surface area contributed by atoms with E-state index in [1.54, 1.807) is 0 Å². The van der Waals surface area contributed by atoms with Crippen LogP contribution < -0.4 is 10.6 Å². The van der Waals surface area contributed by atoms with E-state index in [9.17, 15) is 19.5 Å². The molecule has 1 fully saturated rings. The largest absolute Gasteiger partial charge is 0.480 e. The molecule has 0 heterocycles. The van der Waals surface area contributed by atoms with E-state index in [2.05, 4.69) is 10.6 Å². The van der Waals surface area contributed by atoms with Gasteiger partial charge in [0.05, 0.1) is 6.54 Å². The van der Waals surface area contributed by atoms with Gasteiger partial charge >= 0.3 is 5.97 Å². The quantitative estimate of drug-likeness (QED) is 0.627. The van der Waals surface area contributed by atoms with Gasteiger partial charge in [-0.3, -0.25) is 9.59 Å². The SMILES string of the molecule is O=C(CCl)NCC(=O)NC1(C(=O)O)CCCCC1. The lowest BCUT2D eigenvalue weighted by Crippen LogP contribution is -2.57. The van der Waals surface area contributed by atoms with Crippen LogP contribution in [0.3, 0.4) is 0 Å². The van der Waals surface area contributed by atoms with Gasteiger partial charge < -0.3 is 15.7 Å². The Bertz CT molecular complexity index is 340. The van der Waals surface area contributed by atoms with Gasteiger partial charge in [0.25, 0.3) is 0 Å². The van der Waals surface area contributed by atoms with Crippen molar-refractivity contribution < 1.29 is 19.5 Å². The van der Waals surface area contributed by atoms with Crippen molar-refractivity contribution in [1.29, 1.82) is 0 Å². The molecule has 3 N–H and O–H groups in total. The minimum Gasteiger partial charge on any atom is -0.480 e. The van der Waals surface area contributed by atoms with E-state index >= 15 is 0 Å². The van der Waals surface area contributed by atoms with Crippen LogP contribution in [0.15, 0.2) is 0 Å². The van der Waals surface area contributed by atoms with Crippen LogP contribution in [-0.4, -0.2) is 40.9 Å². The van der Waals surface area contributed by atoms with E-state index in [1.165, 1.54) is 0 Å². The highest BCUT2D eigenvalue weighted by Gasteiger charge is 2.40. The van der Waals surface area contributed by atoms with E-state index in [0.717, 1.165) is 19.3 Å². The lowest BCUT2D eigenvalue weighted by atomic mass is 9.81. The summed E-state index contributed by atoms with van der Waals surface area (Å²) in [7, 11) is 0. The number of amides is 2. The van der Waals surface area contributed by atoms with Crippen molar-refractivity contribution in [3.63, 3.8) is 0 Å². The summed E-state index contributed by atoms with van der Waals surface area (Å²) >= 11 is 5.27. The maximum atomic E-state index is 11.6. The predicted molar refractivity (Wildman–Crippen MR) is 65.3 cm³/mol. The molecule has 0 aliphatic heterocycles. The van der Waals surface area contributed by atoms with Gasteiger partial charge in [0.15, 0.2) is 0 Å². The highest BCUT2D eigenvalue weighted by atomic mass is 35.5. The minimum atomic E-state index is -1.18. The number of aliphatic carboxylic acids is 1. The summed E-state index contributed by atoms with van der Waals surface area (Å²) < 4.78 is 0. The van der Waals surface area contributed by atoms with E-state index < -0.39 is 23.3 Å². The molecule has 1 rings (SSSR count). The van der Waals surface area contributed by atoms with Gasteiger partial charge in [-0.2, -0.15) is 0 Å². The van der Waals surface area contributed by atoms with Gasteiger partial charge in [-0.15, -0.1) is 11.6 Å². The Morgan fingerprint density at radius 2 is 1.72 bits per heavy atom. The van der Waals surface area contributed by atoms with Crippen molar-refractivity contribution in [2.45, 2.75) is 37.6 Å². The zero-order valence-corrected chi connectivity index (χ0v) is 10.8. The molecule has 18 heavy (non-hydrogen) atoms. The van der Waals surface area contributed by atoms with Crippen LogP contribution in [0.4, 0.5) is 0 Å². The number of hydrogen-bond acceptors (Lipinski definition) is 3. The molecule has 7 heteroatoms. The first-order valence-corrected chi connectivity index (χ1v) is 6.41. The molecule has 0 radical (unpaired) electrons. The summed E-state index contributed by atoms with van der Waals surface area (Å²) in [6.45, 7) is -0.249. The molecule has 0 bridgehead atoms. The highest BCUT2D eigenvalue weighted by molar-refractivity contribution is 6.27. The van der Waals surface area contributed by atoms with Gasteiger partial charge in [-0.25, -0.2) is 4.79 Å². The smallest absolute Gasteiger partial charge is 0.329 e. The van der Waals surface area contributed by atoms with Crippen LogP contribution in [-0.2, 0) is 14.4 Å². The molecular weight excluding hydrogens is 260 g/mol. The number of halogens is 1. The summed E-state index contributed by atoms with van der Waals surface area (Å²) in [5.41, 5.74) is -1.18. The van der Waals surface area contributed by atoms with E-state index in [0.29, 0.717) is 12.8 Å². The first kappa shape index (κ1) is 14.8. The van der Waals surface area contributed by atoms with Crippen LogP contribution in [0.1, 0.15) is 32.1 Å². The molecule has 1 saturated carbocycles. The Morgan fingerprint density at radius 1 is 1.11 bits per heavy atom. The normalized spacial score (nSPS) is 17.8. The fourth-order valence-electron chi connectivity index (χ4n) is 2.08. The average Bonchev–Trinajstić information content (AvgIpc) is 2.36. The zero-order chi connectivity index (χ0) is 13.6. The molecule has 0 aromatic carbocycles. The van der Waals surface area contributed by atoms with Gasteiger partial charge in [-0.05, 0) is 12.8 Å². The van der Waals surface area contributed by atoms with E-state index in [1.807, 2.05) is 0 Å². The van der Waals surface area contributed by atoms with Crippen molar-refractivity contribution in [2.24, 2.45) is 0 Å². The van der Waals surface area contributed by atoms with Crippen molar-refractivity contribution in [2.75, 3.05) is 12.4 Å². The summed E-state index contributed by atoms with van der Waals surface area (Å²) in [5, 5.41) is 14.1. The third-order valence-corrected chi connectivity index (χ3v) is 3.31. The predicted octanol–water partition coefficient (Wildman–Crippen LogP) is 0.245. The molecule has 0 aromatic rings. The molecule has 2 amide bonds. The summed E-state index contributed by atoms with van der Waals surface area (Å²) in [5.74, 6) is -2.20. The molecule has 102 valence electrons. The second kappa shape index (κ2) is 6.58. The minimum absolute atomic E-state index is 0.225. The number of hydrogen-bond donors (Lipinski definition) is 3. The van der Waals surface area contributed by atoms with Crippen molar-refractivity contribution in [3.8, 4) is 0 Å². The number of carboxylic acid groups (broad SMARTS) is 1. The Balaban J connectivity index is 2.53. The van der Waals surface area contributed by atoms with Gasteiger partial charge in [-0.1, -0.05) is 19.3 Å². The number of rotatable bonds is 5. The van der Waals surface area contributed by atoms with Crippen molar-refractivity contribution >= 4 is 29.4 Å². The average molecular weight is 277 g/mol. The third-order valence-electron chi connectivity index (χ3n) is 3.06. The maximum absolute atomic E-state index is 11.6. The lowest BCUT2D eigenvalue weighted by molar-refractivity contribution is -0.149. The van der Waals surface area contributed by atoms with Gasteiger partial charge in [0.2, 0.25) is 11.8 Å². The number of nitrogens with one attached hydrogen (secondary N) is 2. The van der Waals surface area contributed by atoms with Gasteiger partial charge in [0.1, 0.15) is 11.4 Å². The number of carboxylic acids is 1. The number of carbonyl (C=O) groups is 3. The molecule has 0 spiro atoms. The molecule has 0 saturated heterocycles. The summed E-state index contributed by atoms with van der Waals surface area (Å²) in [6, 6.07) is 0. The molecule has 0 atom stereocenters. The molecule has 1 aliphatic carbocycles. The standard InChI is InChI=1S/C11H17ClN2O4/c12-6-8(15)13-7-9(16)14-11(10(17)18)4-2-1-3-5-11/h1-7H2,(H,13,15)(H,14,16)(H,17,18). The fraction of sp³-hybridized carbons (Fsp3) is 0.727. The first-order valence-electron chi connectivity index (χ1n) is 5.87. The molecule has 0 unspecified atom stereocenters. The maximum Gasteiger partial charge on any atom is 0.329 e. The van der Waals surface area contributed by atoms with Crippen LogP contribution in [0.5, 0.6) is 0 Å². The van der Waals surface area contributed by atoms with Crippen LogP contribution in [0.25, 0.3) is 0 Å². The van der Waals surface area contributed by atoms with E-state index in [4.69, 9.17) is 11.6 Å². The van der Waals surface area contributed by atoms with Crippen LogP contribution in [0, 0.1) is 0 Å². The number of alkyl halides is 1. The Hall–Kier alpha value is -1.30. The second-order valence-electron chi connectivity index (χ2n) is 4.41.